The predicted octanol–water partition coefficient (Wildman–Crippen LogP) is -3.04. The second-order valence-corrected chi connectivity index (χ2v) is 15.7. The molecule has 0 spiro atoms. The molecule has 1 aliphatic rings. The molecule has 1 aromatic carbocycles. The van der Waals surface area contributed by atoms with Crippen LogP contribution in [-0.2, 0) is 54.4 Å². The fourth-order valence-corrected chi connectivity index (χ4v) is 6.85. The highest BCUT2D eigenvalue weighted by atomic mass is 32.1. The van der Waals surface area contributed by atoms with Gasteiger partial charge in [0.1, 0.15) is 42.3 Å². The highest BCUT2D eigenvalue weighted by Gasteiger charge is 2.40. The minimum atomic E-state index is -1.69. The zero-order valence-corrected chi connectivity index (χ0v) is 35.7. The molecule has 7 amide bonds. The number of aliphatic carboxylic acids is 3. The third kappa shape index (κ3) is 14.7. The number of nitrogens with two attached hydrogens (primary N) is 1. The SMILES string of the molecule is CC(C)[C@H](NC(=O)[C@@H]1CCCN1C(=O)[C@H](CO)NC(=O)[C@H](CC(=O)O)NC(=O)[C@@H](N)CS)C(=O)N[C@@H](Cc1c[nH]c2ccccc12)C(=O)N[C@@H](C)C(=O)N[C@@H](CCC(=O)O)C(=O)O. The van der Waals surface area contributed by atoms with Crippen molar-refractivity contribution in [1.82, 2.24) is 41.8 Å². The van der Waals surface area contributed by atoms with Crippen LogP contribution in [0.4, 0.5) is 0 Å². The van der Waals surface area contributed by atoms with Crippen LogP contribution in [0.5, 0.6) is 0 Å². The molecule has 2 aromatic rings. The van der Waals surface area contributed by atoms with Crippen molar-refractivity contribution in [3.8, 4) is 0 Å². The molecule has 1 aliphatic heterocycles. The van der Waals surface area contributed by atoms with Crippen molar-refractivity contribution in [2.45, 2.75) is 108 Å². The summed E-state index contributed by atoms with van der Waals surface area (Å²) in [6.07, 6.45) is 0.0607. The zero-order valence-electron chi connectivity index (χ0n) is 34.8. The normalized spacial score (nSPS) is 16.9. The number of nitrogens with one attached hydrogen (secondary N) is 7. The van der Waals surface area contributed by atoms with Crippen molar-refractivity contribution in [2.24, 2.45) is 11.7 Å². The summed E-state index contributed by atoms with van der Waals surface area (Å²) >= 11 is 3.91. The molecule has 24 heteroatoms. The van der Waals surface area contributed by atoms with Crippen LogP contribution in [0.15, 0.2) is 30.5 Å². The molecule has 0 unspecified atom stereocenters. The second kappa shape index (κ2) is 23.8. The second-order valence-electron chi connectivity index (χ2n) is 15.3. The van der Waals surface area contributed by atoms with Gasteiger partial charge in [-0.3, -0.25) is 43.2 Å². The lowest BCUT2D eigenvalue weighted by Crippen LogP contribution is -2.61. The number of para-hydroxylation sites is 1. The number of rotatable bonds is 24. The Bertz CT molecular complexity index is 2030. The van der Waals surface area contributed by atoms with Gasteiger partial charge in [0.15, 0.2) is 0 Å². The van der Waals surface area contributed by atoms with Crippen LogP contribution >= 0.6 is 12.6 Å². The van der Waals surface area contributed by atoms with Gasteiger partial charge in [-0.15, -0.1) is 0 Å². The Morgan fingerprint density at radius 2 is 1.41 bits per heavy atom. The van der Waals surface area contributed by atoms with E-state index in [1.165, 1.54) is 6.92 Å². The molecule has 346 valence electrons. The summed E-state index contributed by atoms with van der Waals surface area (Å²) < 4.78 is 0. The summed E-state index contributed by atoms with van der Waals surface area (Å²) in [6.45, 7) is 3.51. The van der Waals surface area contributed by atoms with Gasteiger partial charge in [0.25, 0.3) is 0 Å². The Balaban J connectivity index is 1.80. The largest absolute Gasteiger partial charge is 0.481 e. The van der Waals surface area contributed by atoms with E-state index in [1.54, 1.807) is 44.3 Å². The summed E-state index contributed by atoms with van der Waals surface area (Å²) in [5, 5.41) is 53.0. The molecule has 0 aliphatic carbocycles. The van der Waals surface area contributed by atoms with E-state index in [2.05, 4.69) is 49.5 Å². The molecule has 13 N–H and O–H groups in total. The number of aromatic amines is 1. The van der Waals surface area contributed by atoms with Crippen LogP contribution in [0.1, 0.15) is 58.4 Å². The topological polar surface area (TPSA) is 369 Å². The number of amides is 7. The number of fused-ring (bicyclic) bond motifs is 1. The smallest absolute Gasteiger partial charge is 0.326 e. The first-order chi connectivity index (χ1) is 29.7. The first-order valence-electron chi connectivity index (χ1n) is 20.0. The van der Waals surface area contributed by atoms with Crippen LogP contribution in [0.2, 0.25) is 0 Å². The lowest BCUT2D eigenvalue weighted by atomic mass is 10.00. The third-order valence-electron chi connectivity index (χ3n) is 10.2. The van der Waals surface area contributed by atoms with Crippen LogP contribution in [0.25, 0.3) is 10.9 Å². The van der Waals surface area contributed by atoms with Gasteiger partial charge in [-0.2, -0.15) is 12.6 Å². The summed E-state index contributed by atoms with van der Waals surface area (Å²) in [6, 6.07) is -4.24. The maximum atomic E-state index is 14.0. The Morgan fingerprint density at radius 1 is 0.794 bits per heavy atom. The van der Waals surface area contributed by atoms with Gasteiger partial charge in [-0.05, 0) is 43.7 Å². The molecular formula is C39H55N9O14S. The van der Waals surface area contributed by atoms with Crippen LogP contribution in [0.3, 0.4) is 0 Å². The number of aromatic nitrogens is 1. The average molecular weight is 906 g/mol. The van der Waals surface area contributed by atoms with Crippen LogP contribution in [-0.4, -0.2) is 157 Å². The maximum absolute atomic E-state index is 14.0. The number of benzene rings is 1. The lowest BCUT2D eigenvalue weighted by Gasteiger charge is -2.31. The third-order valence-corrected chi connectivity index (χ3v) is 10.6. The number of carboxylic acid groups (broad SMARTS) is 3. The monoisotopic (exact) mass is 905 g/mol. The Labute approximate surface area is 366 Å². The first kappa shape index (κ1) is 51.1. The quantitative estimate of drug-likeness (QED) is 0.0466. The minimum absolute atomic E-state index is 0.000675. The van der Waals surface area contributed by atoms with E-state index < -0.39 is 139 Å². The van der Waals surface area contributed by atoms with Crippen molar-refractivity contribution < 1.29 is 68.4 Å². The van der Waals surface area contributed by atoms with E-state index in [0.29, 0.717) is 12.0 Å². The van der Waals surface area contributed by atoms with E-state index >= 15 is 0 Å². The number of hydrogen-bond donors (Lipinski definition) is 13. The number of aliphatic hydroxyl groups is 1. The van der Waals surface area contributed by atoms with Crippen LogP contribution < -0.4 is 37.6 Å². The molecule has 1 saturated heterocycles. The summed E-state index contributed by atoms with van der Waals surface area (Å²) in [5.41, 5.74) is 6.94. The number of H-pyrrole nitrogens is 1. The number of likely N-dealkylation sites (tertiary alicyclic amines) is 1. The minimum Gasteiger partial charge on any atom is -0.481 e. The number of nitrogens with zero attached hydrogens (tertiary/aromatic N) is 1. The molecule has 1 aromatic heterocycles. The van der Waals surface area contributed by atoms with Gasteiger partial charge >= 0.3 is 17.9 Å². The lowest BCUT2D eigenvalue weighted by molar-refractivity contribution is -0.144. The first-order valence-corrected chi connectivity index (χ1v) is 20.6. The molecule has 63 heavy (non-hydrogen) atoms. The highest BCUT2D eigenvalue weighted by molar-refractivity contribution is 7.80. The Kier molecular flexibility index (Phi) is 19.3. The average Bonchev–Trinajstić information content (AvgIpc) is 3.89. The summed E-state index contributed by atoms with van der Waals surface area (Å²) in [7, 11) is 0. The molecule has 2 heterocycles. The standard InChI is InChI=1S/C39H55N9O14S/c1-18(2)31(47-36(58)28-9-6-12-48(28)38(60)27(16-49)46-35(57)26(14-30(52)53)44-33(55)22(40)17-63)37(59)45-25(13-20-15-41-23-8-5-4-7-21(20)23)34(56)42-19(3)32(54)43-24(39(61)62)10-11-29(50)51/h4-5,7-8,15,18-19,22,24-28,31,41,49,63H,6,9-14,16-17,40H2,1-3H3,(H,42,56)(H,43,54)(H,44,55)(H,45,59)(H,46,57)(H,47,58)(H,50,51)(H,52,53)(H,61,62)/t19-,22-,24-,25-,26-,27-,28-,31-/m0/s1. The van der Waals surface area contributed by atoms with E-state index in [1.807, 2.05) is 0 Å². The molecule has 23 nitrogen and oxygen atoms in total. The van der Waals surface area contributed by atoms with Gasteiger partial charge in [-0.25, -0.2) is 4.79 Å². The molecule has 0 saturated carbocycles. The van der Waals surface area contributed by atoms with Crippen molar-refractivity contribution >= 4 is 82.8 Å². The van der Waals surface area contributed by atoms with Gasteiger partial charge in [0, 0.05) is 42.2 Å². The van der Waals surface area contributed by atoms with Gasteiger partial charge in [-0.1, -0.05) is 32.0 Å². The Morgan fingerprint density at radius 3 is 2.02 bits per heavy atom. The van der Waals surface area contributed by atoms with Crippen LogP contribution in [0, 0.1) is 5.92 Å². The number of thiol groups is 1. The summed E-state index contributed by atoms with van der Waals surface area (Å²) in [5.74, 6) is -11.3. The highest BCUT2D eigenvalue weighted by Crippen LogP contribution is 2.21. The molecule has 0 bridgehead atoms. The number of carbonyl (C=O) groups excluding carboxylic acids is 7. The molecular weight excluding hydrogens is 851 g/mol. The maximum Gasteiger partial charge on any atom is 0.326 e. The number of aliphatic hydroxyl groups excluding tert-OH is 1. The number of hydrogen-bond acceptors (Lipinski definition) is 13. The molecule has 8 atom stereocenters. The van der Waals surface area contributed by atoms with E-state index in [9.17, 15) is 63.3 Å². The molecule has 0 radical (unpaired) electrons. The predicted molar refractivity (Wildman–Crippen MR) is 225 cm³/mol. The number of carbonyl (C=O) groups is 10. The molecule has 3 rings (SSSR count). The van der Waals surface area contributed by atoms with Gasteiger partial charge < -0.3 is 67.9 Å². The summed E-state index contributed by atoms with van der Waals surface area (Å²) in [4.78, 5) is 132. The fourth-order valence-electron chi connectivity index (χ4n) is 6.68. The fraction of sp³-hybridized carbons (Fsp3) is 0.538. The van der Waals surface area contributed by atoms with Crippen molar-refractivity contribution in [3.63, 3.8) is 0 Å². The van der Waals surface area contributed by atoms with Crippen molar-refractivity contribution in [2.75, 3.05) is 18.9 Å². The van der Waals surface area contributed by atoms with Crippen molar-refractivity contribution in [3.05, 3.63) is 36.0 Å². The van der Waals surface area contributed by atoms with Gasteiger partial charge in [0.05, 0.1) is 19.1 Å². The van der Waals surface area contributed by atoms with E-state index in [0.717, 1.165) is 15.8 Å². The van der Waals surface area contributed by atoms with Gasteiger partial charge in [0.2, 0.25) is 41.4 Å². The number of carboxylic acids is 3. The van der Waals surface area contributed by atoms with Crippen molar-refractivity contribution in [1.29, 1.82) is 0 Å². The zero-order chi connectivity index (χ0) is 47.1. The Hall–Kier alpha value is -6.27. The van der Waals surface area contributed by atoms with E-state index in [4.69, 9.17) is 10.8 Å². The van der Waals surface area contributed by atoms with E-state index in [-0.39, 0.29) is 25.1 Å². The molecule has 1 fully saturated rings.